The smallest absolute Gasteiger partial charge is 0.122 e. The Morgan fingerprint density at radius 1 is 1.06 bits per heavy atom. The van der Waals surface area contributed by atoms with Crippen molar-refractivity contribution in [3.63, 3.8) is 0 Å². The van der Waals surface area contributed by atoms with Gasteiger partial charge in [0.25, 0.3) is 0 Å². The van der Waals surface area contributed by atoms with Crippen LogP contribution in [0.3, 0.4) is 0 Å². The third-order valence-electron chi connectivity index (χ3n) is 3.32. The fraction of sp³-hybridized carbons (Fsp3) is 0.538. The molecule has 0 unspecified atom stereocenters. The lowest BCUT2D eigenvalue weighted by Gasteiger charge is -2.13. The van der Waals surface area contributed by atoms with Crippen molar-refractivity contribution in [2.75, 3.05) is 25.0 Å². The van der Waals surface area contributed by atoms with Gasteiger partial charge in [0.05, 0.1) is 6.61 Å². The molecule has 0 amide bonds. The summed E-state index contributed by atoms with van der Waals surface area (Å²) in [6.45, 7) is 3.85. The molecule has 0 bridgehead atoms. The molecule has 86 valence electrons. The second-order valence-corrected chi connectivity index (χ2v) is 4.53. The van der Waals surface area contributed by atoms with Crippen molar-refractivity contribution in [3.8, 4) is 5.75 Å². The highest BCUT2D eigenvalue weighted by Crippen LogP contribution is 2.31. The summed E-state index contributed by atoms with van der Waals surface area (Å²) in [6, 6.07) is 4.49. The molecular formula is C13H18N2O. The summed E-state index contributed by atoms with van der Waals surface area (Å²) in [6.07, 6.45) is 3.56. The molecule has 2 N–H and O–H groups in total. The van der Waals surface area contributed by atoms with Crippen LogP contribution in [0.25, 0.3) is 0 Å². The molecule has 3 nitrogen and oxygen atoms in total. The number of rotatable bonds is 0. The Hall–Kier alpha value is -1.22. The molecular weight excluding hydrogens is 200 g/mol. The van der Waals surface area contributed by atoms with E-state index in [-0.39, 0.29) is 0 Å². The van der Waals surface area contributed by atoms with Gasteiger partial charge < -0.3 is 15.4 Å². The summed E-state index contributed by atoms with van der Waals surface area (Å²) >= 11 is 0. The molecule has 3 heteroatoms. The number of hydrogen-bond donors (Lipinski definition) is 2. The lowest BCUT2D eigenvalue weighted by Crippen LogP contribution is -2.16. The molecule has 2 aliphatic rings. The van der Waals surface area contributed by atoms with Gasteiger partial charge in [-0.15, -0.1) is 0 Å². The molecule has 0 aliphatic carbocycles. The highest BCUT2D eigenvalue weighted by atomic mass is 16.5. The fourth-order valence-electron chi connectivity index (χ4n) is 2.42. The molecule has 0 atom stereocenters. The molecule has 2 aliphatic heterocycles. The van der Waals surface area contributed by atoms with Crippen LogP contribution in [-0.4, -0.2) is 19.7 Å². The molecule has 16 heavy (non-hydrogen) atoms. The minimum absolute atomic E-state index is 0.868. The van der Waals surface area contributed by atoms with Gasteiger partial charge in [0.2, 0.25) is 0 Å². The van der Waals surface area contributed by atoms with E-state index in [1.54, 1.807) is 0 Å². The lowest BCUT2D eigenvalue weighted by atomic mass is 10.0. The van der Waals surface area contributed by atoms with E-state index in [1.165, 1.54) is 29.7 Å². The quantitative estimate of drug-likeness (QED) is 0.698. The van der Waals surface area contributed by atoms with E-state index in [4.69, 9.17) is 4.74 Å². The molecule has 2 heterocycles. The van der Waals surface area contributed by atoms with Gasteiger partial charge in [-0.3, -0.25) is 0 Å². The van der Waals surface area contributed by atoms with Crippen LogP contribution in [0.5, 0.6) is 5.75 Å². The van der Waals surface area contributed by atoms with Crippen molar-refractivity contribution in [2.24, 2.45) is 0 Å². The molecule has 0 fully saturated rings. The highest BCUT2D eigenvalue weighted by Gasteiger charge is 2.14. The predicted molar refractivity (Wildman–Crippen MR) is 65.1 cm³/mol. The van der Waals surface area contributed by atoms with Gasteiger partial charge in [-0.25, -0.2) is 0 Å². The van der Waals surface area contributed by atoms with Gasteiger partial charge in [0.15, 0.2) is 0 Å². The molecule has 0 spiro atoms. The summed E-state index contributed by atoms with van der Waals surface area (Å²) < 4.78 is 5.80. The van der Waals surface area contributed by atoms with Gasteiger partial charge in [-0.05, 0) is 42.5 Å². The van der Waals surface area contributed by atoms with Gasteiger partial charge in [0, 0.05) is 25.3 Å². The van der Waals surface area contributed by atoms with Crippen LogP contribution >= 0.6 is 0 Å². The molecule has 0 aromatic heterocycles. The maximum absolute atomic E-state index is 5.80. The molecule has 0 radical (unpaired) electrons. The topological polar surface area (TPSA) is 33.3 Å². The summed E-state index contributed by atoms with van der Waals surface area (Å²) in [5.74, 6) is 1.10. The van der Waals surface area contributed by atoms with Crippen molar-refractivity contribution in [2.45, 2.75) is 25.8 Å². The van der Waals surface area contributed by atoms with Crippen molar-refractivity contribution < 1.29 is 4.74 Å². The van der Waals surface area contributed by atoms with E-state index in [9.17, 15) is 0 Å². The monoisotopic (exact) mass is 218 g/mol. The summed E-state index contributed by atoms with van der Waals surface area (Å²) in [7, 11) is 0. The van der Waals surface area contributed by atoms with Crippen molar-refractivity contribution in [3.05, 3.63) is 23.3 Å². The average molecular weight is 218 g/mol. The maximum Gasteiger partial charge on any atom is 0.122 e. The van der Waals surface area contributed by atoms with Gasteiger partial charge in [-0.1, -0.05) is 0 Å². The Kier molecular flexibility index (Phi) is 2.70. The minimum atomic E-state index is 0.868. The Bertz CT molecular complexity index is 322. The average Bonchev–Trinajstić information content (AvgIpc) is 2.64. The summed E-state index contributed by atoms with van der Waals surface area (Å²) in [4.78, 5) is 0. The Balaban J connectivity index is 2.00. The van der Waals surface area contributed by atoms with Gasteiger partial charge >= 0.3 is 0 Å². The fourth-order valence-corrected chi connectivity index (χ4v) is 2.42. The van der Waals surface area contributed by atoms with Crippen LogP contribution in [0.4, 0.5) is 5.69 Å². The second-order valence-electron chi connectivity index (χ2n) is 4.53. The number of aryl methyl sites for hydroxylation is 1. The van der Waals surface area contributed by atoms with Crippen molar-refractivity contribution >= 4 is 5.69 Å². The van der Waals surface area contributed by atoms with Crippen molar-refractivity contribution in [1.29, 1.82) is 0 Å². The van der Waals surface area contributed by atoms with Crippen LogP contribution in [0.1, 0.15) is 24.0 Å². The van der Waals surface area contributed by atoms with E-state index < -0.39 is 0 Å². The normalized spacial score (nSPS) is 19.5. The van der Waals surface area contributed by atoms with E-state index in [0.29, 0.717) is 0 Å². The van der Waals surface area contributed by atoms with E-state index >= 15 is 0 Å². The number of anilines is 1. The minimum Gasteiger partial charge on any atom is -0.493 e. The van der Waals surface area contributed by atoms with Crippen LogP contribution in [0, 0.1) is 0 Å². The van der Waals surface area contributed by atoms with Gasteiger partial charge in [0.1, 0.15) is 5.75 Å². The Morgan fingerprint density at radius 3 is 3.06 bits per heavy atom. The van der Waals surface area contributed by atoms with E-state index in [1.807, 2.05) is 0 Å². The van der Waals surface area contributed by atoms with E-state index in [2.05, 4.69) is 22.8 Å². The zero-order chi connectivity index (χ0) is 10.8. The van der Waals surface area contributed by atoms with Crippen molar-refractivity contribution in [1.82, 2.24) is 5.32 Å². The van der Waals surface area contributed by atoms with Crippen LogP contribution < -0.4 is 15.4 Å². The zero-order valence-corrected chi connectivity index (χ0v) is 9.51. The SMILES string of the molecule is c1c2c(cc3c1NCCNC3)OCCCC2. The molecule has 0 saturated carbocycles. The first-order chi connectivity index (χ1) is 7.93. The zero-order valence-electron chi connectivity index (χ0n) is 9.51. The van der Waals surface area contributed by atoms with Gasteiger partial charge in [-0.2, -0.15) is 0 Å². The number of hydrogen-bond acceptors (Lipinski definition) is 3. The van der Waals surface area contributed by atoms with Crippen LogP contribution in [0.2, 0.25) is 0 Å². The third-order valence-corrected chi connectivity index (χ3v) is 3.32. The third kappa shape index (κ3) is 1.87. The number of nitrogens with one attached hydrogen (secondary N) is 2. The predicted octanol–water partition coefficient (Wildman–Crippen LogP) is 1.92. The van der Waals surface area contributed by atoms with Crippen LogP contribution in [-0.2, 0) is 13.0 Å². The summed E-state index contributed by atoms with van der Waals surface area (Å²) in [5, 5.41) is 6.89. The standard InChI is InChI=1S/C13H18N2O/c1-2-6-16-13-8-11-9-14-4-5-15-12(11)7-10(13)3-1/h7-8,14-15H,1-6,9H2. The van der Waals surface area contributed by atoms with Crippen LogP contribution in [0.15, 0.2) is 12.1 Å². The summed E-state index contributed by atoms with van der Waals surface area (Å²) in [5.41, 5.74) is 3.98. The molecule has 3 rings (SSSR count). The molecule has 1 aromatic carbocycles. The highest BCUT2D eigenvalue weighted by molar-refractivity contribution is 5.58. The second kappa shape index (κ2) is 4.34. The number of ether oxygens (including phenoxy) is 1. The Morgan fingerprint density at radius 2 is 2.06 bits per heavy atom. The first-order valence-electron chi connectivity index (χ1n) is 6.17. The molecule has 1 aromatic rings. The van der Waals surface area contributed by atoms with E-state index in [0.717, 1.165) is 38.4 Å². The largest absolute Gasteiger partial charge is 0.493 e. The maximum atomic E-state index is 5.80. The first-order valence-corrected chi connectivity index (χ1v) is 6.17. The number of fused-ring (bicyclic) bond motifs is 2. The lowest BCUT2D eigenvalue weighted by molar-refractivity contribution is 0.316. The first kappa shape index (κ1) is 9.97. The Labute approximate surface area is 96.2 Å². The molecule has 0 saturated heterocycles. The number of benzene rings is 1.